The van der Waals surface area contributed by atoms with Crippen LogP contribution in [0, 0.1) is 12.7 Å². The number of hydrogen-bond donors (Lipinski definition) is 1. The minimum absolute atomic E-state index is 0.224. The van der Waals surface area contributed by atoms with Gasteiger partial charge in [0.2, 0.25) is 0 Å². The minimum Gasteiger partial charge on any atom is -0.494 e. The summed E-state index contributed by atoms with van der Waals surface area (Å²) in [5.41, 5.74) is 0.763. The van der Waals surface area contributed by atoms with Crippen molar-refractivity contribution in [2.24, 2.45) is 0 Å². The van der Waals surface area contributed by atoms with Gasteiger partial charge in [-0.2, -0.15) is 4.98 Å². The van der Waals surface area contributed by atoms with Gasteiger partial charge in [0.25, 0.3) is 0 Å². The molecule has 0 aliphatic carbocycles. The SMILES string of the molecule is COc1ccc(CNc2nc(C)no2)cc1F. The lowest BCUT2D eigenvalue weighted by molar-refractivity contribution is 0.386. The van der Waals surface area contributed by atoms with Crippen LogP contribution in [0.2, 0.25) is 0 Å². The standard InChI is InChI=1S/C11H12FN3O2/c1-7-14-11(17-15-7)13-6-8-3-4-10(16-2)9(12)5-8/h3-5H,6H2,1-2H3,(H,13,14,15). The van der Waals surface area contributed by atoms with E-state index in [1.807, 2.05) is 0 Å². The van der Waals surface area contributed by atoms with Crippen LogP contribution in [0.4, 0.5) is 10.4 Å². The predicted octanol–water partition coefficient (Wildman–Crippen LogP) is 2.14. The van der Waals surface area contributed by atoms with Crippen LogP contribution in [0.5, 0.6) is 5.75 Å². The molecule has 1 aromatic heterocycles. The molecular weight excluding hydrogens is 225 g/mol. The molecule has 5 nitrogen and oxygen atoms in total. The molecule has 0 bridgehead atoms. The lowest BCUT2D eigenvalue weighted by atomic mass is 10.2. The summed E-state index contributed by atoms with van der Waals surface area (Å²) in [5.74, 6) is 0.379. The first-order valence-corrected chi connectivity index (χ1v) is 5.05. The van der Waals surface area contributed by atoms with Crippen LogP contribution >= 0.6 is 0 Å². The molecule has 0 saturated heterocycles. The fraction of sp³-hybridized carbons (Fsp3) is 0.273. The average Bonchev–Trinajstić information content (AvgIpc) is 2.73. The number of halogens is 1. The molecule has 1 heterocycles. The van der Waals surface area contributed by atoms with Crippen LogP contribution in [0.25, 0.3) is 0 Å². The number of benzene rings is 1. The molecule has 90 valence electrons. The topological polar surface area (TPSA) is 60.2 Å². The Kier molecular flexibility index (Phi) is 3.22. The Morgan fingerprint density at radius 1 is 1.47 bits per heavy atom. The van der Waals surface area contributed by atoms with E-state index in [4.69, 9.17) is 9.26 Å². The van der Waals surface area contributed by atoms with Gasteiger partial charge in [0.1, 0.15) is 0 Å². The maximum atomic E-state index is 13.4. The Balaban J connectivity index is 2.02. The van der Waals surface area contributed by atoms with Crippen molar-refractivity contribution in [1.82, 2.24) is 10.1 Å². The van der Waals surface area contributed by atoms with Crippen LogP contribution in [-0.2, 0) is 6.54 Å². The van der Waals surface area contributed by atoms with Crippen LogP contribution in [0.15, 0.2) is 22.7 Å². The Morgan fingerprint density at radius 3 is 2.88 bits per heavy atom. The molecule has 2 rings (SSSR count). The molecule has 0 saturated carbocycles. The summed E-state index contributed by atoms with van der Waals surface area (Å²) in [6.45, 7) is 2.13. The van der Waals surface area contributed by atoms with E-state index in [9.17, 15) is 4.39 Å². The zero-order valence-corrected chi connectivity index (χ0v) is 9.53. The number of nitrogens with zero attached hydrogens (tertiary/aromatic N) is 2. The summed E-state index contributed by atoms with van der Waals surface area (Å²) in [6, 6.07) is 5.05. The Labute approximate surface area is 97.6 Å². The highest BCUT2D eigenvalue weighted by Gasteiger charge is 2.05. The van der Waals surface area contributed by atoms with Crippen molar-refractivity contribution in [3.05, 3.63) is 35.4 Å². The van der Waals surface area contributed by atoms with Crippen molar-refractivity contribution in [2.45, 2.75) is 13.5 Å². The third kappa shape index (κ3) is 2.72. The zero-order valence-electron chi connectivity index (χ0n) is 9.53. The number of hydrogen-bond acceptors (Lipinski definition) is 5. The molecular formula is C11H12FN3O2. The van der Waals surface area contributed by atoms with Crippen molar-refractivity contribution in [3.63, 3.8) is 0 Å². The van der Waals surface area contributed by atoms with Gasteiger partial charge in [-0.1, -0.05) is 11.2 Å². The second-order valence-electron chi connectivity index (χ2n) is 3.47. The Hall–Kier alpha value is -2.11. The molecule has 17 heavy (non-hydrogen) atoms. The van der Waals surface area contributed by atoms with E-state index in [1.165, 1.54) is 13.2 Å². The predicted molar refractivity (Wildman–Crippen MR) is 59.3 cm³/mol. The summed E-state index contributed by atoms with van der Waals surface area (Å²) in [5, 5.41) is 6.53. The monoisotopic (exact) mass is 237 g/mol. The number of nitrogens with one attached hydrogen (secondary N) is 1. The van der Waals surface area contributed by atoms with Crippen molar-refractivity contribution in [3.8, 4) is 5.75 Å². The molecule has 0 aliphatic rings. The fourth-order valence-electron chi connectivity index (χ4n) is 1.37. The molecule has 0 fully saturated rings. The van der Waals surface area contributed by atoms with E-state index in [0.29, 0.717) is 18.4 Å². The summed E-state index contributed by atoms with van der Waals surface area (Å²) < 4.78 is 23.1. The van der Waals surface area contributed by atoms with Crippen LogP contribution in [0.3, 0.4) is 0 Å². The maximum absolute atomic E-state index is 13.4. The second kappa shape index (κ2) is 4.82. The lowest BCUT2D eigenvalue weighted by Gasteiger charge is -2.05. The van der Waals surface area contributed by atoms with E-state index in [0.717, 1.165) is 5.56 Å². The summed E-state index contributed by atoms with van der Waals surface area (Å²) >= 11 is 0. The van der Waals surface area contributed by atoms with Gasteiger partial charge >= 0.3 is 6.01 Å². The van der Waals surface area contributed by atoms with Gasteiger partial charge in [-0.25, -0.2) is 4.39 Å². The van der Waals surface area contributed by atoms with Crippen LogP contribution in [-0.4, -0.2) is 17.3 Å². The Morgan fingerprint density at radius 2 is 2.29 bits per heavy atom. The normalized spacial score (nSPS) is 10.3. The number of rotatable bonds is 4. The van der Waals surface area contributed by atoms with E-state index in [1.54, 1.807) is 19.1 Å². The first kappa shape index (κ1) is 11.4. The number of aromatic nitrogens is 2. The van der Waals surface area contributed by atoms with E-state index in [2.05, 4.69) is 15.5 Å². The van der Waals surface area contributed by atoms with Crippen LogP contribution < -0.4 is 10.1 Å². The average molecular weight is 237 g/mol. The molecule has 2 aromatic rings. The summed E-state index contributed by atoms with van der Waals surface area (Å²) in [7, 11) is 1.43. The van der Waals surface area contributed by atoms with Crippen molar-refractivity contribution >= 4 is 6.01 Å². The number of aryl methyl sites for hydroxylation is 1. The minimum atomic E-state index is -0.395. The summed E-state index contributed by atoms with van der Waals surface area (Å²) in [4.78, 5) is 3.97. The molecule has 0 amide bonds. The van der Waals surface area contributed by atoms with Gasteiger partial charge < -0.3 is 14.6 Å². The highest BCUT2D eigenvalue weighted by atomic mass is 19.1. The largest absolute Gasteiger partial charge is 0.494 e. The molecule has 0 atom stereocenters. The first-order valence-electron chi connectivity index (χ1n) is 5.05. The Bertz CT molecular complexity index is 513. The maximum Gasteiger partial charge on any atom is 0.321 e. The fourth-order valence-corrected chi connectivity index (χ4v) is 1.37. The molecule has 0 radical (unpaired) electrons. The molecule has 0 spiro atoms. The molecule has 1 aromatic carbocycles. The third-order valence-electron chi connectivity index (χ3n) is 2.19. The van der Waals surface area contributed by atoms with Crippen molar-refractivity contribution < 1.29 is 13.7 Å². The number of anilines is 1. The van der Waals surface area contributed by atoms with Gasteiger partial charge in [-0.3, -0.25) is 0 Å². The van der Waals surface area contributed by atoms with Gasteiger partial charge in [0.05, 0.1) is 7.11 Å². The third-order valence-corrected chi connectivity index (χ3v) is 2.19. The molecule has 0 unspecified atom stereocenters. The number of ether oxygens (including phenoxy) is 1. The van der Waals surface area contributed by atoms with E-state index in [-0.39, 0.29) is 5.75 Å². The number of methoxy groups -OCH3 is 1. The lowest BCUT2D eigenvalue weighted by Crippen LogP contribution is -2.00. The second-order valence-corrected chi connectivity index (χ2v) is 3.47. The van der Waals surface area contributed by atoms with Crippen molar-refractivity contribution in [2.75, 3.05) is 12.4 Å². The smallest absolute Gasteiger partial charge is 0.321 e. The van der Waals surface area contributed by atoms with Gasteiger partial charge in [0, 0.05) is 6.54 Å². The van der Waals surface area contributed by atoms with E-state index < -0.39 is 5.82 Å². The molecule has 1 N–H and O–H groups in total. The van der Waals surface area contributed by atoms with E-state index >= 15 is 0 Å². The molecule has 0 aliphatic heterocycles. The highest BCUT2D eigenvalue weighted by molar-refractivity contribution is 5.31. The zero-order chi connectivity index (χ0) is 12.3. The van der Waals surface area contributed by atoms with Gasteiger partial charge in [-0.05, 0) is 24.6 Å². The first-order chi connectivity index (χ1) is 8.19. The highest BCUT2D eigenvalue weighted by Crippen LogP contribution is 2.18. The van der Waals surface area contributed by atoms with Gasteiger partial charge in [-0.15, -0.1) is 0 Å². The molecule has 6 heteroatoms. The van der Waals surface area contributed by atoms with Gasteiger partial charge in [0.15, 0.2) is 17.4 Å². The van der Waals surface area contributed by atoms with Crippen molar-refractivity contribution in [1.29, 1.82) is 0 Å². The summed E-state index contributed by atoms with van der Waals surface area (Å²) in [6.07, 6.45) is 0. The van der Waals surface area contributed by atoms with Crippen LogP contribution in [0.1, 0.15) is 11.4 Å². The quantitative estimate of drug-likeness (QED) is 0.882.